The number of ether oxygens (including phenoxy) is 1. The lowest BCUT2D eigenvalue weighted by Gasteiger charge is -2.28. The van der Waals surface area contributed by atoms with Gasteiger partial charge in [-0.05, 0) is 43.7 Å². The van der Waals surface area contributed by atoms with Gasteiger partial charge in [-0.1, -0.05) is 26.0 Å². The molecule has 2 aliphatic rings. The second-order valence-electron chi connectivity index (χ2n) is 7.72. The van der Waals surface area contributed by atoms with Gasteiger partial charge in [-0.2, -0.15) is 0 Å². The summed E-state index contributed by atoms with van der Waals surface area (Å²) < 4.78 is 5.25. The summed E-state index contributed by atoms with van der Waals surface area (Å²) >= 11 is 0. The first kappa shape index (κ1) is 20.0. The van der Waals surface area contributed by atoms with Gasteiger partial charge in [0.1, 0.15) is 6.04 Å². The number of hydrogen-bond donors (Lipinski definition) is 0. The van der Waals surface area contributed by atoms with Gasteiger partial charge in [0.2, 0.25) is 0 Å². The number of amides is 3. The first-order valence-electron chi connectivity index (χ1n) is 9.81. The van der Waals surface area contributed by atoms with Crippen molar-refractivity contribution in [3.63, 3.8) is 0 Å². The summed E-state index contributed by atoms with van der Waals surface area (Å²) in [6.45, 7) is 4.78. The molecule has 7 nitrogen and oxygen atoms in total. The Balaban J connectivity index is 1.71. The van der Waals surface area contributed by atoms with Gasteiger partial charge in [-0.3, -0.25) is 19.3 Å². The highest BCUT2D eigenvalue weighted by molar-refractivity contribution is 6.22. The summed E-state index contributed by atoms with van der Waals surface area (Å²) in [5, 5.41) is 0. The number of imide groups is 1. The minimum atomic E-state index is -1.04. The number of hydrogen-bond acceptors (Lipinski definition) is 5. The lowest BCUT2D eigenvalue weighted by Crippen LogP contribution is -2.47. The monoisotopic (exact) mass is 386 g/mol. The number of piperidine rings is 1. The number of fused-ring (bicyclic) bond motifs is 1. The van der Waals surface area contributed by atoms with E-state index < -0.39 is 23.8 Å². The smallest absolute Gasteiger partial charge is 0.329 e. The van der Waals surface area contributed by atoms with E-state index in [1.54, 1.807) is 29.2 Å². The molecule has 0 aromatic heterocycles. The topological polar surface area (TPSA) is 84.0 Å². The maximum atomic E-state index is 12.8. The van der Waals surface area contributed by atoms with E-state index in [9.17, 15) is 19.2 Å². The number of rotatable bonds is 6. The third-order valence-electron chi connectivity index (χ3n) is 5.15. The largest absolute Gasteiger partial charge is 0.454 e. The average molecular weight is 386 g/mol. The minimum absolute atomic E-state index is 0.0552. The second-order valence-corrected chi connectivity index (χ2v) is 7.72. The maximum Gasteiger partial charge on any atom is 0.329 e. The highest BCUT2D eigenvalue weighted by Gasteiger charge is 2.43. The van der Waals surface area contributed by atoms with Gasteiger partial charge in [-0.25, -0.2) is 4.79 Å². The van der Waals surface area contributed by atoms with E-state index in [1.165, 1.54) is 0 Å². The first-order valence-corrected chi connectivity index (χ1v) is 9.81. The van der Waals surface area contributed by atoms with Gasteiger partial charge < -0.3 is 9.64 Å². The highest BCUT2D eigenvalue weighted by atomic mass is 16.5. The molecule has 1 fully saturated rings. The third kappa shape index (κ3) is 4.08. The number of nitrogens with zero attached hydrogens (tertiary/aromatic N) is 2. The van der Waals surface area contributed by atoms with E-state index in [1.807, 2.05) is 13.8 Å². The van der Waals surface area contributed by atoms with E-state index in [0.717, 1.165) is 24.2 Å². The van der Waals surface area contributed by atoms with E-state index in [0.29, 0.717) is 24.2 Å². The molecule has 2 heterocycles. The Labute approximate surface area is 164 Å². The SMILES string of the molecule is CC(C)C[C@H](C(=O)OCC(=O)N1CCCCC1)N1C(=O)c2ccccc2C1=O. The van der Waals surface area contributed by atoms with Crippen LogP contribution in [0.1, 0.15) is 60.2 Å². The van der Waals surface area contributed by atoms with E-state index in [-0.39, 0.29) is 24.9 Å². The van der Waals surface area contributed by atoms with Gasteiger partial charge in [0.15, 0.2) is 6.61 Å². The summed E-state index contributed by atoms with van der Waals surface area (Å²) in [5.74, 6) is -1.89. The van der Waals surface area contributed by atoms with Crippen LogP contribution in [0.5, 0.6) is 0 Å². The van der Waals surface area contributed by atoms with Crippen molar-refractivity contribution in [2.24, 2.45) is 5.92 Å². The number of likely N-dealkylation sites (tertiary alicyclic amines) is 1. The molecule has 7 heteroatoms. The van der Waals surface area contributed by atoms with E-state index in [2.05, 4.69) is 0 Å². The fraction of sp³-hybridized carbons (Fsp3) is 0.524. The minimum Gasteiger partial charge on any atom is -0.454 e. The quantitative estimate of drug-likeness (QED) is 0.553. The zero-order valence-electron chi connectivity index (χ0n) is 16.3. The van der Waals surface area contributed by atoms with Gasteiger partial charge >= 0.3 is 5.97 Å². The normalized spacial score (nSPS) is 17.7. The van der Waals surface area contributed by atoms with Crippen molar-refractivity contribution < 1.29 is 23.9 Å². The molecule has 3 amide bonds. The predicted molar refractivity (Wildman–Crippen MR) is 102 cm³/mol. The van der Waals surface area contributed by atoms with Crippen LogP contribution in [-0.2, 0) is 14.3 Å². The molecule has 1 aromatic carbocycles. The Bertz CT molecular complexity index is 748. The van der Waals surface area contributed by atoms with Crippen LogP contribution < -0.4 is 0 Å². The van der Waals surface area contributed by atoms with Crippen LogP contribution in [0.25, 0.3) is 0 Å². The molecule has 1 aromatic rings. The van der Waals surface area contributed by atoms with Gasteiger partial charge in [-0.15, -0.1) is 0 Å². The van der Waals surface area contributed by atoms with E-state index >= 15 is 0 Å². The van der Waals surface area contributed by atoms with Crippen molar-refractivity contribution in [2.45, 2.75) is 45.6 Å². The van der Waals surface area contributed by atoms with Crippen molar-refractivity contribution >= 4 is 23.7 Å². The molecule has 1 atom stereocenters. The van der Waals surface area contributed by atoms with Crippen LogP contribution >= 0.6 is 0 Å². The Morgan fingerprint density at radius 1 is 1.00 bits per heavy atom. The first-order chi connectivity index (χ1) is 13.4. The molecule has 0 aliphatic carbocycles. The second kappa shape index (κ2) is 8.54. The van der Waals surface area contributed by atoms with E-state index in [4.69, 9.17) is 4.74 Å². The molecule has 3 rings (SSSR count). The fourth-order valence-electron chi connectivity index (χ4n) is 3.71. The standard InChI is InChI=1S/C21H26N2O5/c1-14(2)12-17(21(27)28-13-18(24)22-10-6-3-7-11-22)23-19(25)15-8-4-5-9-16(15)20(23)26/h4-5,8-9,14,17H,3,6-7,10-13H2,1-2H3/t17-/m1/s1. The van der Waals surface area contributed by atoms with Gasteiger partial charge in [0.05, 0.1) is 11.1 Å². The highest BCUT2D eigenvalue weighted by Crippen LogP contribution is 2.27. The summed E-state index contributed by atoms with van der Waals surface area (Å²) in [6.07, 6.45) is 3.28. The Morgan fingerprint density at radius 2 is 1.57 bits per heavy atom. The number of carbonyl (C=O) groups excluding carboxylic acids is 4. The summed E-state index contributed by atoms with van der Waals surface area (Å²) in [6, 6.07) is 5.48. The Morgan fingerprint density at radius 3 is 2.11 bits per heavy atom. The molecule has 0 bridgehead atoms. The molecular formula is C21H26N2O5. The van der Waals surface area contributed by atoms with Crippen molar-refractivity contribution in [3.8, 4) is 0 Å². The van der Waals surface area contributed by atoms with Crippen LogP contribution in [-0.4, -0.2) is 59.2 Å². The number of benzene rings is 1. The van der Waals surface area contributed by atoms with Crippen molar-refractivity contribution in [3.05, 3.63) is 35.4 Å². The van der Waals surface area contributed by atoms with Crippen LogP contribution in [0, 0.1) is 5.92 Å². The fourth-order valence-corrected chi connectivity index (χ4v) is 3.71. The van der Waals surface area contributed by atoms with Crippen LogP contribution in [0.15, 0.2) is 24.3 Å². The Kier molecular flexibility index (Phi) is 6.11. The molecule has 0 unspecified atom stereocenters. The molecule has 1 saturated heterocycles. The molecule has 0 saturated carbocycles. The summed E-state index contributed by atoms with van der Waals surface area (Å²) in [5.41, 5.74) is 0.580. The number of esters is 1. The van der Waals surface area contributed by atoms with Crippen LogP contribution in [0.4, 0.5) is 0 Å². The van der Waals surface area contributed by atoms with Crippen molar-refractivity contribution in [2.75, 3.05) is 19.7 Å². The molecule has 0 spiro atoms. The zero-order valence-corrected chi connectivity index (χ0v) is 16.3. The van der Waals surface area contributed by atoms with Crippen LogP contribution in [0.3, 0.4) is 0 Å². The number of carbonyl (C=O) groups is 4. The van der Waals surface area contributed by atoms with Crippen molar-refractivity contribution in [1.29, 1.82) is 0 Å². The van der Waals surface area contributed by atoms with Gasteiger partial charge in [0, 0.05) is 13.1 Å². The molecular weight excluding hydrogens is 360 g/mol. The molecule has 2 aliphatic heterocycles. The summed E-state index contributed by atoms with van der Waals surface area (Å²) in [4.78, 5) is 53.2. The zero-order chi connectivity index (χ0) is 20.3. The maximum absolute atomic E-state index is 12.8. The molecule has 150 valence electrons. The third-order valence-corrected chi connectivity index (χ3v) is 5.15. The lowest BCUT2D eigenvalue weighted by molar-refractivity contribution is -0.156. The summed E-state index contributed by atoms with van der Waals surface area (Å²) in [7, 11) is 0. The Hall–Kier alpha value is -2.70. The molecule has 0 N–H and O–H groups in total. The predicted octanol–water partition coefficient (Wildman–Crippen LogP) is 2.25. The molecule has 0 radical (unpaired) electrons. The molecule has 28 heavy (non-hydrogen) atoms. The average Bonchev–Trinajstić information content (AvgIpc) is 2.95. The van der Waals surface area contributed by atoms with Crippen LogP contribution in [0.2, 0.25) is 0 Å². The van der Waals surface area contributed by atoms with Crippen molar-refractivity contribution in [1.82, 2.24) is 9.80 Å². The lowest BCUT2D eigenvalue weighted by atomic mass is 10.0. The van der Waals surface area contributed by atoms with Gasteiger partial charge in [0.25, 0.3) is 17.7 Å².